The number of benzene rings is 1. The van der Waals surface area contributed by atoms with Crippen molar-refractivity contribution in [2.24, 2.45) is 0 Å². The first-order valence-electron chi connectivity index (χ1n) is 5.37. The second-order valence-corrected chi connectivity index (χ2v) is 9.15. The monoisotopic (exact) mass is 249 g/mol. The van der Waals surface area contributed by atoms with E-state index in [2.05, 4.69) is 6.58 Å². The maximum absolute atomic E-state index is 14.0. The predicted octanol–water partition coefficient (Wildman–Crippen LogP) is 3.88. The van der Waals surface area contributed by atoms with Crippen molar-refractivity contribution in [1.82, 2.24) is 0 Å². The lowest BCUT2D eigenvalue weighted by Crippen LogP contribution is -2.27. The van der Waals surface area contributed by atoms with E-state index in [1.165, 1.54) is 6.08 Å². The van der Waals surface area contributed by atoms with E-state index in [0.29, 0.717) is 5.56 Å². The molecule has 1 rings (SSSR count). The Morgan fingerprint density at radius 1 is 1.47 bits per heavy atom. The van der Waals surface area contributed by atoms with Gasteiger partial charge in [-0.05, 0) is 19.6 Å². The number of nitriles is 1. The van der Waals surface area contributed by atoms with E-state index in [9.17, 15) is 4.39 Å². The lowest BCUT2D eigenvalue weighted by Gasteiger charge is -2.22. The van der Waals surface area contributed by atoms with Gasteiger partial charge in [-0.15, -0.1) is 0 Å². The third-order valence-corrected chi connectivity index (χ3v) is 3.09. The normalized spacial score (nSPS) is 12.9. The van der Waals surface area contributed by atoms with E-state index in [-0.39, 0.29) is 5.56 Å². The number of rotatable bonds is 4. The van der Waals surface area contributed by atoms with Crippen LogP contribution in [-0.2, 0) is 4.43 Å². The molecule has 0 aliphatic rings. The molecule has 1 aromatic carbocycles. The van der Waals surface area contributed by atoms with Crippen LogP contribution in [0.25, 0.3) is 6.08 Å². The maximum atomic E-state index is 14.0. The van der Waals surface area contributed by atoms with Gasteiger partial charge < -0.3 is 4.43 Å². The summed E-state index contributed by atoms with van der Waals surface area (Å²) in [7, 11) is -1.89. The summed E-state index contributed by atoms with van der Waals surface area (Å²) < 4.78 is 19.7. The Balaban J connectivity index is 3.14. The third-order valence-electron chi connectivity index (χ3n) is 2.15. The quantitative estimate of drug-likeness (QED) is 0.758. The summed E-state index contributed by atoms with van der Waals surface area (Å²) in [5.74, 6) is -0.424. The van der Waals surface area contributed by atoms with Gasteiger partial charge in [-0.3, -0.25) is 0 Å². The minimum absolute atomic E-state index is 0.285. The Morgan fingerprint density at radius 3 is 2.59 bits per heavy atom. The molecular formula is C13H16FNOSi. The van der Waals surface area contributed by atoms with Crippen molar-refractivity contribution in [3.05, 3.63) is 41.7 Å². The highest BCUT2D eigenvalue weighted by atomic mass is 28.4. The summed E-state index contributed by atoms with van der Waals surface area (Å²) in [5, 5.41) is 9.09. The fourth-order valence-corrected chi connectivity index (χ4v) is 2.33. The van der Waals surface area contributed by atoms with Crippen LogP contribution in [0.1, 0.15) is 17.2 Å². The van der Waals surface area contributed by atoms with Gasteiger partial charge in [0.15, 0.2) is 14.4 Å². The predicted molar refractivity (Wildman–Crippen MR) is 69.3 cm³/mol. The van der Waals surface area contributed by atoms with Gasteiger partial charge >= 0.3 is 0 Å². The highest BCUT2D eigenvalue weighted by molar-refractivity contribution is 6.69. The van der Waals surface area contributed by atoms with Crippen LogP contribution in [0.5, 0.6) is 0 Å². The summed E-state index contributed by atoms with van der Waals surface area (Å²) in [6.07, 6.45) is 0.587. The number of hydrogen-bond donors (Lipinski definition) is 0. The van der Waals surface area contributed by atoms with Crippen molar-refractivity contribution in [2.45, 2.75) is 25.7 Å². The van der Waals surface area contributed by atoms with Gasteiger partial charge in [0.25, 0.3) is 0 Å². The fraction of sp³-hybridized carbons (Fsp3) is 0.308. The van der Waals surface area contributed by atoms with Crippen LogP contribution in [0, 0.1) is 17.1 Å². The van der Waals surface area contributed by atoms with Gasteiger partial charge in [-0.2, -0.15) is 5.26 Å². The van der Waals surface area contributed by atoms with E-state index in [1.807, 2.05) is 25.7 Å². The van der Waals surface area contributed by atoms with Crippen molar-refractivity contribution in [3.63, 3.8) is 0 Å². The molecule has 1 atom stereocenters. The molecule has 90 valence electrons. The summed E-state index contributed by atoms with van der Waals surface area (Å²) in [6, 6.07) is 6.91. The molecule has 0 bridgehead atoms. The SMILES string of the molecule is C=Cc1cccc(C(C#N)O[Si](C)(C)C)c1F. The van der Waals surface area contributed by atoms with Gasteiger partial charge in [0.2, 0.25) is 0 Å². The molecule has 0 saturated carbocycles. The van der Waals surface area contributed by atoms with Crippen LogP contribution >= 0.6 is 0 Å². The summed E-state index contributed by atoms with van der Waals surface area (Å²) in [6.45, 7) is 9.43. The van der Waals surface area contributed by atoms with E-state index in [0.717, 1.165) is 0 Å². The summed E-state index contributed by atoms with van der Waals surface area (Å²) in [4.78, 5) is 0. The zero-order valence-electron chi connectivity index (χ0n) is 10.3. The van der Waals surface area contributed by atoms with Crippen molar-refractivity contribution in [1.29, 1.82) is 5.26 Å². The molecule has 0 heterocycles. The first-order chi connectivity index (χ1) is 7.89. The molecule has 0 aromatic heterocycles. The number of hydrogen-bond acceptors (Lipinski definition) is 2. The molecule has 0 amide bonds. The lowest BCUT2D eigenvalue weighted by molar-refractivity contribution is 0.249. The van der Waals surface area contributed by atoms with Gasteiger partial charge in [-0.1, -0.05) is 30.9 Å². The third kappa shape index (κ3) is 3.51. The fourth-order valence-electron chi connectivity index (χ4n) is 1.44. The summed E-state index contributed by atoms with van der Waals surface area (Å²) >= 11 is 0. The Morgan fingerprint density at radius 2 is 2.12 bits per heavy atom. The standard InChI is InChI=1S/C13H16FNOSi/c1-5-10-7-6-8-11(13(10)14)12(9-15)16-17(2,3)4/h5-8,12H,1H2,2-4H3. The molecule has 0 saturated heterocycles. The molecule has 0 aliphatic carbocycles. The average Bonchev–Trinajstić information content (AvgIpc) is 2.25. The largest absolute Gasteiger partial charge is 0.399 e. The molecule has 1 aromatic rings. The summed E-state index contributed by atoms with van der Waals surface area (Å²) in [5.41, 5.74) is 0.675. The van der Waals surface area contributed by atoms with Crippen LogP contribution in [0.15, 0.2) is 24.8 Å². The molecule has 0 aliphatic heterocycles. The minimum Gasteiger partial charge on any atom is -0.399 e. The minimum atomic E-state index is -1.89. The van der Waals surface area contributed by atoms with Crippen LogP contribution < -0.4 is 0 Å². The molecule has 17 heavy (non-hydrogen) atoms. The van der Waals surface area contributed by atoms with Crippen molar-refractivity contribution in [3.8, 4) is 6.07 Å². The second kappa shape index (κ2) is 5.26. The Kier molecular flexibility index (Phi) is 4.21. The molecule has 1 unspecified atom stereocenters. The van der Waals surface area contributed by atoms with Gasteiger partial charge in [0.05, 0.1) is 6.07 Å². The van der Waals surface area contributed by atoms with Gasteiger partial charge in [0, 0.05) is 11.1 Å². The number of halogens is 1. The Labute approximate surface area is 102 Å². The van der Waals surface area contributed by atoms with Crippen LogP contribution in [0.3, 0.4) is 0 Å². The second-order valence-electron chi connectivity index (χ2n) is 4.69. The van der Waals surface area contributed by atoms with Crippen molar-refractivity contribution in [2.75, 3.05) is 0 Å². The average molecular weight is 249 g/mol. The highest BCUT2D eigenvalue weighted by Crippen LogP contribution is 2.26. The van der Waals surface area contributed by atoms with Crippen molar-refractivity contribution >= 4 is 14.4 Å². The van der Waals surface area contributed by atoms with Crippen LogP contribution in [-0.4, -0.2) is 8.32 Å². The molecule has 4 heteroatoms. The Bertz CT molecular complexity index is 459. The molecular weight excluding hydrogens is 233 g/mol. The lowest BCUT2D eigenvalue weighted by atomic mass is 10.1. The smallest absolute Gasteiger partial charge is 0.186 e. The number of nitrogens with zero attached hydrogens (tertiary/aromatic N) is 1. The Hall–Kier alpha value is -1.44. The highest BCUT2D eigenvalue weighted by Gasteiger charge is 2.24. The van der Waals surface area contributed by atoms with E-state index >= 15 is 0 Å². The van der Waals surface area contributed by atoms with E-state index in [1.54, 1.807) is 18.2 Å². The maximum Gasteiger partial charge on any atom is 0.186 e. The topological polar surface area (TPSA) is 33.0 Å². The molecule has 0 radical (unpaired) electrons. The van der Waals surface area contributed by atoms with Gasteiger partial charge in [-0.25, -0.2) is 4.39 Å². The molecule has 0 fully saturated rings. The van der Waals surface area contributed by atoms with E-state index < -0.39 is 20.2 Å². The van der Waals surface area contributed by atoms with Crippen LogP contribution in [0.4, 0.5) is 4.39 Å². The van der Waals surface area contributed by atoms with Gasteiger partial charge in [0.1, 0.15) is 5.82 Å². The zero-order valence-corrected chi connectivity index (χ0v) is 11.3. The van der Waals surface area contributed by atoms with Crippen LogP contribution in [0.2, 0.25) is 19.6 Å². The molecule has 0 N–H and O–H groups in total. The first kappa shape index (κ1) is 13.6. The zero-order chi connectivity index (χ0) is 13.1. The van der Waals surface area contributed by atoms with Crippen molar-refractivity contribution < 1.29 is 8.82 Å². The first-order valence-corrected chi connectivity index (χ1v) is 8.78. The molecule has 0 spiro atoms. The van der Waals surface area contributed by atoms with E-state index in [4.69, 9.17) is 9.69 Å². The molecule has 2 nitrogen and oxygen atoms in total.